The average Bonchev–Trinajstić information content (AvgIpc) is 2.38. The van der Waals surface area contributed by atoms with Crippen LogP contribution in [0.1, 0.15) is 11.3 Å². The zero-order chi connectivity index (χ0) is 13.0. The number of pyridine rings is 1. The van der Waals surface area contributed by atoms with E-state index in [2.05, 4.69) is 20.1 Å². The maximum atomic E-state index is 8.67. The van der Waals surface area contributed by atoms with Crippen molar-refractivity contribution in [2.24, 2.45) is 10.9 Å². The molecule has 0 radical (unpaired) electrons. The molecule has 0 unspecified atom stereocenters. The van der Waals surface area contributed by atoms with Crippen LogP contribution in [0.5, 0.6) is 0 Å². The first kappa shape index (κ1) is 12.3. The molecule has 0 saturated heterocycles. The minimum absolute atomic E-state index is 0.0522. The van der Waals surface area contributed by atoms with E-state index in [1.54, 1.807) is 30.6 Å². The van der Waals surface area contributed by atoms with Crippen molar-refractivity contribution in [1.82, 2.24) is 15.0 Å². The van der Waals surface area contributed by atoms with Gasteiger partial charge in [0.25, 0.3) is 0 Å². The number of oxime groups is 1. The molecule has 92 valence electrons. The predicted molar refractivity (Wildman–Crippen MR) is 67.6 cm³/mol. The van der Waals surface area contributed by atoms with E-state index >= 15 is 0 Å². The summed E-state index contributed by atoms with van der Waals surface area (Å²) in [4.78, 5) is 12.5. The van der Waals surface area contributed by atoms with Gasteiger partial charge in [-0.3, -0.25) is 0 Å². The summed E-state index contributed by atoms with van der Waals surface area (Å²) >= 11 is 1.32. The Bertz CT molecular complexity index is 573. The van der Waals surface area contributed by atoms with Crippen LogP contribution in [-0.2, 0) is 0 Å². The zero-order valence-corrected chi connectivity index (χ0v) is 10.4. The monoisotopic (exact) mass is 261 g/mol. The smallest absolute Gasteiger partial charge is 0.193 e. The Labute approximate surface area is 108 Å². The second-order valence-electron chi connectivity index (χ2n) is 3.45. The van der Waals surface area contributed by atoms with E-state index in [1.165, 1.54) is 11.8 Å². The van der Waals surface area contributed by atoms with E-state index in [4.69, 9.17) is 10.9 Å². The molecule has 2 aromatic rings. The van der Waals surface area contributed by atoms with Crippen LogP contribution in [0.3, 0.4) is 0 Å². The number of rotatable bonds is 3. The fourth-order valence-electron chi connectivity index (χ4n) is 1.33. The van der Waals surface area contributed by atoms with E-state index in [-0.39, 0.29) is 5.84 Å². The summed E-state index contributed by atoms with van der Waals surface area (Å²) in [5, 5.41) is 12.9. The third-order valence-corrected chi connectivity index (χ3v) is 2.88. The van der Waals surface area contributed by atoms with Gasteiger partial charge in [-0.1, -0.05) is 5.16 Å². The van der Waals surface area contributed by atoms with Crippen LogP contribution in [0.4, 0.5) is 0 Å². The van der Waals surface area contributed by atoms with Crippen LogP contribution in [0.25, 0.3) is 0 Å². The largest absolute Gasteiger partial charge is 0.409 e. The molecule has 18 heavy (non-hydrogen) atoms. The molecule has 0 atom stereocenters. The number of amidine groups is 1. The fourth-order valence-corrected chi connectivity index (χ4v) is 2.12. The molecule has 0 spiro atoms. The molecule has 0 saturated carbocycles. The highest BCUT2D eigenvalue weighted by Gasteiger charge is 2.07. The van der Waals surface area contributed by atoms with Gasteiger partial charge in [0.1, 0.15) is 5.03 Å². The van der Waals surface area contributed by atoms with E-state index in [1.807, 2.05) is 6.92 Å². The normalized spacial score (nSPS) is 11.5. The van der Waals surface area contributed by atoms with Gasteiger partial charge in [0, 0.05) is 23.7 Å². The SMILES string of the molecule is Cc1cc(/C(N)=N/O)cc(Sc2ncccn2)n1. The lowest BCUT2D eigenvalue weighted by Crippen LogP contribution is -2.13. The van der Waals surface area contributed by atoms with Crippen molar-refractivity contribution < 1.29 is 5.21 Å². The molecule has 2 rings (SSSR count). The molecule has 0 bridgehead atoms. The Morgan fingerprint density at radius 3 is 2.72 bits per heavy atom. The summed E-state index contributed by atoms with van der Waals surface area (Å²) in [5.41, 5.74) is 6.95. The summed E-state index contributed by atoms with van der Waals surface area (Å²) < 4.78 is 0. The Morgan fingerprint density at radius 1 is 1.33 bits per heavy atom. The fraction of sp³-hybridized carbons (Fsp3) is 0.0909. The average molecular weight is 261 g/mol. The van der Waals surface area contributed by atoms with Crippen molar-refractivity contribution in [3.63, 3.8) is 0 Å². The number of aryl methyl sites for hydroxylation is 1. The molecule has 0 aromatic carbocycles. The molecule has 7 heteroatoms. The van der Waals surface area contributed by atoms with Crippen LogP contribution >= 0.6 is 11.8 Å². The molecule has 2 aromatic heterocycles. The van der Waals surface area contributed by atoms with Gasteiger partial charge in [-0.25, -0.2) is 15.0 Å². The van der Waals surface area contributed by atoms with Crippen molar-refractivity contribution in [3.05, 3.63) is 41.9 Å². The first-order valence-electron chi connectivity index (χ1n) is 5.10. The number of nitrogens with two attached hydrogens (primary N) is 1. The molecule has 0 amide bonds. The molecule has 0 aliphatic carbocycles. The molecule has 0 aliphatic heterocycles. The zero-order valence-electron chi connectivity index (χ0n) is 9.61. The van der Waals surface area contributed by atoms with Gasteiger partial charge < -0.3 is 10.9 Å². The van der Waals surface area contributed by atoms with Crippen molar-refractivity contribution in [2.45, 2.75) is 17.1 Å². The predicted octanol–water partition coefficient (Wildman–Crippen LogP) is 1.43. The highest BCUT2D eigenvalue weighted by atomic mass is 32.2. The Morgan fingerprint density at radius 2 is 2.06 bits per heavy atom. The maximum Gasteiger partial charge on any atom is 0.193 e. The molecular weight excluding hydrogens is 250 g/mol. The van der Waals surface area contributed by atoms with E-state index in [9.17, 15) is 0 Å². The molecule has 2 heterocycles. The van der Waals surface area contributed by atoms with Crippen molar-refractivity contribution in [1.29, 1.82) is 0 Å². The van der Waals surface area contributed by atoms with E-state index in [0.29, 0.717) is 15.7 Å². The third kappa shape index (κ3) is 2.95. The van der Waals surface area contributed by atoms with Gasteiger partial charge in [0.05, 0.1) is 0 Å². The van der Waals surface area contributed by atoms with E-state index in [0.717, 1.165) is 5.69 Å². The van der Waals surface area contributed by atoms with Gasteiger partial charge in [-0.2, -0.15) is 0 Å². The lowest BCUT2D eigenvalue weighted by molar-refractivity contribution is 0.318. The maximum absolute atomic E-state index is 8.67. The minimum atomic E-state index is 0.0522. The standard InChI is InChI=1S/C11H11N5OS/c1-7-5-8(10(12)16-17)6-9(15-7)18-11-13-3-2-4-14-11/h2-6,17H,1H3,(H2,12,16). The van der Waals surface area contributed by atoms with Crippen molar-refractivity contribution >= 4 is 17.6 Å². The summed E-state index contributed by atoms with van der Waals surface area (Å²) in [6.45, 7) is 1.84. The van der Waals surface area contributed by atoms with Crippen LogP contribution in [0.2, 0.25) is 0 Å². The van der Waals surface area contributed by atoms with Crippen molar-refractivity contribution in [3.8, 4) is 0 Å². The quantitative estimate of drug-likeness (QED) is 0.285. The van der Waals surface area contributed by atoms with Crippen LogP contribution < -0.4 is 5.73 Å². The lowest BCUT2D eigenvalue weighted by atomic mass is 10.2. The summed E-state index contributed by atoms with van der Waals surface area (Å²) in [6.07, 6.45) is 3.32. The van der Waals surface area contributed by atoms with Gasteiger partial charge in [0.2, 0.25) is 0 Å². The molecule has 6 nitrogen and oxygen atoms in total. The Balaban J connectivity index is 2.31. The first-order valence-corrected chi connectivity index (χ1v) is 5.92. The summed E-state index contributed by atoms with van der Waals surface area (Å²) in [7, 11) is 0. The van der Waals surface area contributed by atoms with Crippen LogP contribution in [0, 0.1) is 6.92 Å². The molecule has 3 N–H and O–H groups in total. The number of hydrogen-bond donors (Lipinski definition) is 2. The number of nitrogens with zero attached hydrogens (tertiary/aromatic N) is 4. The number of aromatic nitrogens is 3. The highest BCUT2D eigenvalue weighted by molar-refractivity contribution is 7.99. The second-order valence-corrected chi connectivity index (χ2v) is 4.44. The summed E-state index contributed by atoms with van der Waals surface area (Å²) in [6, 6.07) is 5.21. The van der Waals surface area contributed by atoms with E-state index < -0.39 is 0 Å². The van der Waals surface area contributed by atoms with Gasteiger partial charge in [-0.05, 0) is 36.9 Å². The molecular formula is C11H11N5OS. The van der Waals surface area contributed by atoms with Gasteiger partial charge in [0.15, 0.2) is 11.0 Å². The minimum Gasteiger partial charge on any atom is -0.409 e. The first-order chi connectivity index (χ1) is 8.69. The van der Waals surface area contributed by atoms with Gasteiger partial charge >= 0.3 is 0 Å². The number of hydrogen-bond acceptors (Lipinski definition) is 6. The third-order valence-electron chi connectivity index (χ3n) is 2.07. The Kier molecular flexibility index (Phi) is 3.73. The summed E-state index contributed by atoms with van der Waals surface area (Å²) in [5.74, 6) is 0.0522. The molecule has 0 aliphatic rings. The van der Waals surface area contributed by atoms with Crippen LogP contribution in [-0.4, -0.2) is 26.0 Å². The van der Waals surface area contributed by atoms with Crippen LogP contribution in [0.15, 0.2) is 45.9 Å². The topological polar surface area (TPSA) is 97.3 Å². The van der Waals surface area contributed by atoms with Crippen molar-refractivity contribution in [2.75, 3.05) is 0 Å². The van der Waals surface area contributed by atoms with Gasteiger partial charge in [-0.15, -0.1) is 0 Å². The lowest BCUT2D eigenvalue weighted by Gasteiger charge is -2.04. The molecule has 0 fully saturated rings. The Hall–Kier alpha value is -2.15. The second kappa shape index (κ2) is 5.46. The highest BCUT2D eigenvalue weighted by Crippen LogP contribution is 2.23.